The van der Waals surface area contributed by atoms with E-state index in [0.29, 0.717) is 17.4 Å². The number of phenols is 2. The lowest BCUT2D eigenvalue weighted by Crippen LogP contribution is -2.11. The topological polar surface area (TPSA) is 40.5 Å². The summed E-state index contributed by atoms with van der Waals surface area (Å²) in [4.78, 5) is 0. The maximum atomic E-state index is 9.55. The van der Waals surface area contributed by atoms with Gasteiger partial charge in [-0.15, -0.1) is 0 Å². The van der Waals surface area contributed by atoms with Crippen molar-refractivity contribution in [2.24, 2.45) is 5.92 Å². The van der Waals surface area contributed by atoms with Crippen molar-refractivity contribution in [3.63, 3.8) is 0 Å². The summed E-state index contributed by atoms with van der Waals surface area (Å²) in [6.45, 7) is 4.54. The molecule has 0 spiro atoms. The molecular weight excluding hydrogens is 284 g/mol. The Bertz CT molecular complexity index is 526. The summed E-state index contributed by atoms with van der Waals surface area (Å²) in [5, 5.41) is 19.1. The van der Waals surface area contributed by atoms with Gasteiger partial charge in [0.2, 0.25) is 0 Å². The Balaban J connectivity index is 2.20. The van der Waals surface area contributed by atoms with E-state index >= 15 is 0 Å². The summed E-state index contributed by atoms with van der Waals surface area (Å²) < 4.78 is 0. The van der Waals surface area contributed by atoms with Crippen LogP contribution in [-0.4, -0.2) is 10.2 Å². The molecule has 2 N–H and O–H groups in total. The maximum Gasteiger partial charge on any atom is 0.115 e. The lowest BCUT2D eigenvalue weighted by atomic mass is 9.79. The second-order valence-electron chi connectivity index (χ2n) is 6.49. The van der Waals surface area contributed by atoms with Gasteiger partial charge in [0, 0.05) is 5.92 Å². The SMILES string of the molecule is CCCCCCC(C)C(c1ccc(O)cc1)c1ccc(O)cc1. The molecule has 0 aromatic heterocycles. The molecule has 2 aromatic carbocycles. The van der Waals surface area contributed by atoms with E-state index in [0.717, 1.165) is 0 Å². The van der Waals surface area contributed by atoms with Crippen LogP contribution in [0.5, 0.6) is 11.5 Å². The monoisotopic (exact) mass is 312 g/mol. The fourth-order valence-electron chi connectivity index (χ4n) is 3.27. The summed E-state index contributed by atoms with van der Waals surface area (Å²) in [6.07, 6.45) is 6.29. The summed E-state index contributed by atoms with van der Waals surface area (Å²) in [5.74, 6) is 1.40. The highest BCUT2D eigenvalue weighted by atomic mass is 16.3. The molecule has 124 valence electrons. The van der Waals surface area contributed by atoms with Crippen molar-refractivity contribution in [2.45, 2.75) is 51.9 Å². The zero-order valence-electron chi connectivity index (χ0n) is 14.2. The minimum Gasteiger partial charge on any atom is -0.508 e. The molecule has 0 saturated heterocycles. The van der Waals surface area contributed by atoms with Crippen LogP contribution in [0, 0.1) is 5.92 Å². The first kappa shape index (κ1) is 17.4. The molecule has 0 aliphatic heterocycles. The van der Waals surface area contributed by atoms with Gasteiger partial charge in [0.05, 0.1) is 0 Å². The zero-order valence-corrected chi connectivity index (χ0v) is 14.2. The van der Waals surface area contributed by atoms with E-state index in [2.05, 4.69) is 13.8 Å². The Morgan fingerprint density at radius 2 is 1.22 bits per heavy atom. The molecule has 0 heterocycles. The van der Waals surface area contributed by atoms with Crippen LogP contribution in [0.15, 0.2) is 48.5 Å². The van der Waals surface area contributed by atoms with Crippen molar-refractivity contribution < 1.29 is 10.2 Å². The van der Waals surface area contributed by atoms with Crippen LogP contribution in [0.3, 0.4) is 0 Å². The molecular formula is C21H28O2. The first-order valence-corrected chi connectivity index (χ1v) is 8.69. The van der Waals surface area contributed by atoms with Gasteiger partial charge in [-0.3, -0.25) is 0 Å². The smallest absolute Gasteiger partial charge is 0.115 e. The number of hydrogen-bond acceptors (Lipinski definition) is 2. The van der Waals surface area contributed by atoms with E-state index in [9.17, 15) is 10.2 Å². The molecule has 0 aliphatic carbocycles. The van der Waals surface area contributed by atoms with E-state index in [4.69, 9.17) is 0 Å². The van der Waals surface area contributed by atoms with Gasteiger partial charge in [0.25, 0.3) is 0 Å². The largest absolute Gasteiger partial charge is 0.508 e. The predicted molar refractivity (Wildman–Crippen MR) is 96.0 cm³/mol. The summed E-state index contributed by atoms with van der Waals surface area (Å²) in [6, 6.07) is 15.1. The van der Waals surface area contributed by atoms with E-state index < -0.39 is 0 Å². The first-order chi connectivity index (χ1) is 11.1. The number of benzene rings is 2. The molecule has 0 saturated carbocycles. The van der Waals surface area contributed by atoms with E-state index in [1.807, 2.05) is 24.3 Å². The van der Waals surface area contributed by atoms with E-state index in [1.54, 1.807) is 24.3 Å². The third-order valence-corrected chi connectivity index (χ3v) is 4.59. The Morgan fingerprint density at radius 1 is 0.739 bits per heavy atom. The van der Waals surface area contributed by atoms with Gasteiger partial charge in [0.15, 0.2) is 0 Å². The molecule has 0 fully saturated rings. The normalized spacial score (nSPS) is 12.5. The number of hydrogen-bond donors (Lipinski definition) is 2. The van der Waals surface area contributed by atoms with Crippen LogP contribution in [0.1, 0.15) is 63.0 Å². The minimum absolute atomic E-state index is 0.290. The average Bonchev–Trinajstić information content (AvgIpc) is 2.55. The Labute approximate surface area is 139 Å². The van der Waals surface area contributed by atoms with Crippen molar-refractivity contribution in [1.82, 2.24) is 0 Å². The molecule has 23 heavy (non-hydrogen) atoms. The molecule has 1 atom stereocenters. The van der Waals surface area contributed by atoms with Crippen LogP contribution in [0.2, 0.25) is 0 Å². The number of unbranched alkanes of at least 4 members (excludes halogenated alkanes) is 3. The predicted octanol–water partition coefficient (Wildman–Crippen LogP) is 5.84. The quantitative estimate of drug-likeness (QED) is 0.601. The Hall–Kier alpha value is -1.96. The highest BCUT2D eigenvalue weighted by molar-refractivity contribution is 5.38. The highest BCUT2D eigenvalue weighted by Gasteiger charge is 2.21. The van der Waals surface area contributed by atoms with Gasteiger partial charge in [-0.2, -0.15) is 0 Å². The summed E-state index contributed by atoms with van der Waals surface area (Å²) in [5.41, 5.74) is 2.44. The minimum atomic E-state index is 0.290. The van der Waals surface area contributed by atoms with Crippen LogP contribution in [-0.2, 0) is 0 Å². The van der Waals surface area contributed by atoms with Crippen LogP contribution in [0.25, 0.3) is 0 Å². The standard InChI is InChI=1S/C21H28O2/c1-3-4-5-6-7-16(2)21(17-8-12-19(22)13-9-17)18-10-14-20(23)15-11-18/h8-16,21-23H,3-7H2,1-2H3. The molecule has 0 radical (unpaired) electrons. The fraction of sp³-hybridized carbons (Fsp3) is 0.429. The van der Waals surface area contributed by atoms with Crippen LogP contribution < -0.4 is 0 Å². The average molecular weight is 312 g/mol. The molecule has 2 rings (SSSR count). The van der Waals surface area contributed by atoms with E-state index in [1.165, 1.54) is 43.2 Å². The summed E-state index contributed by atoms with van der Waals surface area (Å²) in [7, 11) is 0. The van der Waals surface area contributed by atoms with Gasteiger partial charge >= 0.3 is 0 Å². The molecule has 2 heteroatoms. The third-order valence-electron chi connectivity index (χ3n) is 4.59. The first-order valence-electron chi connectivity index (χ1n) is 8.69. The van der Waals surface area contributed by atoms with Gasteiger partial charge in [0.1, 0.15) is 11.5 Å². The Kier molecular flexibility index (Phi) is 6.52. The van der Waals surface area contributed by atoms with Crippen LogP contribution >= 0.6 is 0 Å². The number of rotatable bonds is 8. The van der Waals surface area contributed by atoms with Gasteiger partial charge in [-0.25, -0.2) is 0 Å². The number of phenolic OH excluding ortho intramolecular Hbond substituents is 2. The van der Waals surface area contributed by atoms with Crippen molar-refractivity contribution in [2.75, 3.05) is 0 Å². The maximum absolute atomic E-state index is 9.55. The van der Waals surface area contributed by atoms with Gasteiger partial charge in [-0.1, -0.05) is 63.8 Å². The van der Waals surface area contributed by atoms with Gasteiger partial charge in [-0.05, 0) is 47.7 Å². The van der Waals surface area contributed by atoms with Crippen molar-refractivity contribution in [3.8, 4) is 11.5 Å². The van der Waals surface area contributed by atoms with Crippen LogP contribution in [0.4, 0.5) is 0 Å². The number of aromatic hydroxyl groups is 2. The second kappa shape index (κ2) is 8.61. The lowest BCUT2D eigenvalue weighted by Gasteiger charge is -2.25. The third kappa shape index (κ3) is 5.02. The molecule has 2 aromatic rings. The molecule has 0 bridgehead atoms. The second-order valence-corrected chi connectivity index (χ2v) is 6.49. The summed E-state index contributed by atoms with van der Waals surface area (Å²) >= 11 is 0. The van der Waals surface area contributed by atoms with Crippen molar-refractivity contribution >= 4 is 0 Å². The fourth-order valence-corrected chi connectivity index (χ4v) is 3.27. The molecule has 0 aliphatic rings. The highest BCUT2D eigenvalue weighted by Crippen LogP contribution is 2.36. The molecule has 2 nitrogen and oxygen atoms in total. The lowest BCUT2D eigenvalue weighted by molar-refractivity contribution is 0.442. The van der Waals surface area contributed by atoms with Crippen molar-refractivity contribution in [3.05, 3.63) is 59.7 Å². The molecule has 0 amide bonds. The Morgan fingerprint density at radius 3 is 1.65 bits per heavy atom. The van der Waals surface area contributed by atoms with Crippen molar-refractivity contribution in [1.29, 1.82) is 0 Å². The zero-order chi connectivity index (χ0) is 16.7. The molecule has 1 unspecified atom stereocenters. The van der Waals surface area contributed by atoms with E-state index in [-0.39, 0.29) is 5.92 Å². The van der Waals surface area contributed by atoms with Gasteiger partial charge < -0.3 is 10.2 Å².